The highest BCUT2D eigenvalue weighted by Gasteiger charge is 2.39. The summed E-state index contributed by atoms with van der Waals surface area (Å²) in [4.78, 5) is 28.1. The van der Waals surface area contributed by atoms with E-state index >= 15 is 0 Å². The van der Waals surface area contributed by atoms with Gasteiger partial charge in [0.05, 0.1) is 0 Å². The first-order chi connectivity index (χ1) is 11.8. The van der Waals surface area contributed by atoms with E-state index in [0.29, 0.717) is 25.3 Å². The number of carbonyl (C=O) groups is 2. The van der Waals surface area contributed by atoms with Crippen LogP contribution in [-0.2, 0) is 16.1 Å². The molecule has 2 N–H and O–H groups in total. The number of halogens is 3. The van der Waals surface area contributed by atoms with E-state index in [4.69, 9.17) is 10.5 Å². The molecule has 25 heavy (non-hydrogen) atoms. The molecule has 0 aliphatic carbocycles. The van der Waals surface area contributed by atoms with Crippen LogP contribution in [0.15, 0.2) is 23.2 Å². The van der Waals surface area contributed by atoms with Crippen molar-refractivity contribution in [2.45, 2.75) is 31.6 Å². The first-order valence-corrected chi connectivity index (χ1v) is 7.74. The molecule has 2 aliphatic rings. The van der Waals surface area contributed by atoms with E-state index in [0.717, 1.165) is 18.4 Å². The maximum absolute atomic E-state index is 12.6. The molecule has 0 bridgehead atoms. The van der Waals surface area contributed by atoms with Crippen LogP contribution in [0.25, 0.3) is 0 Å². The van der Waals surface area contributed by atoms with Crippen LogP contribution in [0.5, 0.6) is 0 Å². The third-order valence-corrected chi connectivity index (χ3v) is 4.33. The summed E-state index contributed by atoms with van der Waals surface area (Å²) in [5, 5.41) is 0. The largest absolute Gasteiger partial charge is 0.473 e. The SMILES string of the molecule is NC(=NC(=O)C(F)(F)F)c1ccc2c(c1)C(=O)N(C1CCOCC1)C2. The Hall–Kier alpha value is -2.42. The second-order valence-corrected chi connectivity index (χ2v) is 5.95. The standard InChI is InChI=1S/C16H16F3N3O3/c17-16(18,19)15(24)21-13(20)9-1-2-10-8-22(14(23)12(10)7-9)11-3-5-25-6-4-11/h1-2,7,11H,3-6,8H2,(H2,20,21,24). The number of benzene rings is 1. The van der Waals surface area contributed by atoms with E-state index < -0.39 is 17.9 Å². The van der Waals surface area contributed by atoms with Gasteiger partial charge in [-0.1, -0.05) is 12.1 Å². The Morgan fingerprint density at radius 2 is 1.96 bits per heavy atom. The second kappa shape index (κ2) is 6.47. The Labute approximate surface area is 141 Å². The van der Waals surface area contributed by atoms with Crippen LogP contribution >= 0.6 is 0 Å². The second-order valence-electron chi connectivity index (χ2n) is 5.95. The van der Waals surface area contributed by atoms with Gasteiger partial charge in [0.2, 0.25) is 0 Å². The Balaban J connectivity index is 1.82. The minimum absolute atomic E-state index is 0.0786. The van der Waals surface area contributed by atoms with Crippen molar-refractivity contribution in [1.82, 2.24) is 4.90 Å². The van der Waals surface area contributed by atoms with Crippen LogP contribution in [0, 0.1) is 0 Å². The first-order valence-electron chi connectivity index (χ1n) is 7.74. The lowest BCUT2D eigenvalue weighted by atomic mass is 10.1. The van der Waals surface area contributed by atoms with Gasteiger partial charge in [0.15, 0.2) is 0 Å². The molecule has 2 heterocycles. The first kappa shape index (κ1) is 17.4. The molecule has 3 rings (SSSR count). The number of ether oxygens (including phenoxy) is 1. The van der Waals surface area contributed by atoms with Crippen LogP contribution in [0.4, 0.5) is 13.2 Å². The number of carbonyl (C=O) groups excluding carboxylic acids is 2. The van der Waals surface area contributed by atoms with E-state index in [1.165, 1.54) is 12.1 Å². The van der Waals surface area contributed by atoms with Gasteiger partial charge in [-0.05, 0) is 24.5 Å². The van der Waals surface area contributed by atoms with Gasteiger partial charge in [-0.3, -0.25) is 9.59 Å². The Bertz CT molecular complexity index is 740. The van der Waals surface area contributed by atoms with Gasteiger partial charge in [0.25, 0.3) is 5.91 Å². The van der Waals surface area contributed by atoms with Gasteiger partial charge < -0.3 is 15.4 Å². The van der Waals surface area contributed by atoms with Crippen molar-refractivity contribution in [2.75, 3.05) is 13.2 Å². The lowest BCUT2D eigenvalue weighted by Gasteiger charge is -2.30. The molecular weight excluding hydrogens is 339 g/mol. The average Bonchev–Trinajstić information content (AvgIpc) is 2.91. The normalized spacial score (nSPS) is 19.2. The number of amidine groups is 1. The number of hydrogen-bond acceptors (Lipinski definition) is 3. The third kappa shape index (κ3) is 3.51. The van der Waals surface area contributed by atoms with E-state index in [-0.39, 0.29) is 17.5 Å². The zero-order valence-electron chi connectivity index (χ0n) is 13.2. The van der Waals surface area contributed by atoms with E-state index in [2.05, 4.69) is 4.99 Å². The Kier molecular flexibility index (Phi) is 4.51. The number of rotatable bonds is 2. The molecule has 0 aromatic heterocycles. The minimum atomic E-state index is -5.09. The van der Waals surface area contributed by atoms with Gasteiger partial charge in [-0.15, -0.1) is 0 Å². The fourth-order valence-corrected chi connectivity index (χ4v) is 3.01. The van der Waals surface area contributed by atoms with Gasteiger partial charge in [0.1, 0.15) is 5.84 Å². The summed E-state index contributed by atoms with van der Waals surface area (Å²) in [5.74, 6) is -3.04. The fourth-order valence-electron chi connectivity index (χ4n) is 3.01. The van der Waals surface area contributed by atoms with Gasteiger partial charge >= 0.3 is 12.1 Å². The molecule has 0 unspecified atom stereocenters. The molecule has 2 aliphatic heterocycles. The van der Waals surface area contributed by atoms with Crippen molar-refractivity contribution in [3.8, 4) is 0 Å². The van der Waals surface area contributed by atoms with Crippen molar-refractivity contribution in [3.63, 3.8) is 0 Å². The van der Waals surface area contributed by atoms with Crippen molar-refractivity contribution < 1.29 is 27.5 Å². The van der Waals surface area contributed by atoms with Gasteiger partial charge in [0, 0.05) is 36.9 Å². The molecule has 0 radical (unpaired) electrons. The molecule has 0 saturated carbocycles. The Morgan fingerprint density at radius 3 is 2.60 bits per heavy atom. The number of aliphatic imine (C=N–C) groups is 1. The lowest BCUT2D eigenvalue weighted by Crippen LogP contribution is -2.39. The number of amides is 2. The van der Waals surface area contributed by atoms with Crippen LogP contribution in [0.1, 0.15) is 34.3 Å². The Morgan fingerprint density at radius 1 is 1.28 bits per heavy atom. The summed E-state index contributed by atoms with van der Waals surface area (Å²) < 4.78 is 42.1. The van der Waals surface area contributed by atoms with Crippen LogP contribution in [0.2, 0.25) is 0 Å². The number of nitrogens with two attached hydrogens (primary N) is 1. The predicted octanol–water partition coefficient (Wildman–Crippen LogP) is 1.62. The molecular formula is C16H16F3N3O3. The van der Waals surface area contributed by atoms with Crippen molar-refractivity contribution in [1.29, 1.82) is 0 Å². The number of alkyl halides is 3. The molecule has 2 amide bonds. The van der Waals surface area contributed by atoms with E-state index in [1.54, 1.807) is 11.0 Å². The van der Waals surface area contributed by atoms with Gasteiger partial charge in [-0.25, -0.2) is 0 Å². The van der Waals surface area contributed by atoms with Crippen molar-refractivity contribution in [2.24, 2.45) is 10.7 Å². The van der Waals surface area contributed by atoms with Crippen molar-refractivity contribution in [3.05, 3.63) is 34.9 Å². The third-order valence-electron chi connectivity index (χ3n) is 4.33. The highest BCUT2D eigenvalue weighted by Crippen LogP contribution is 2.29. The zero-order valence-corrected chi connectivity index (χ0v) is 13.2. The van der Waals surface area contributed by atoms with E-state index in [9.17, 15) is 22.8 Å². The van der Waals surface area contributed by atoms with Crippen LogP contribution < -0.4 is 5.73 Å². The van der Waals surface area contributed by atoms with Crippen molar-refractivity contribution >= 4 is 17.6 Å². The maximum atomic E-state index is 12.6. The maximum Gasteiger partial charge on any atom is 0.473 e. The summed E-state index contributed by atoms with van der Waals surface area (Å²) in [7, 11) is 0. The van der Waals surface area contributed by atoms with Crippen LogP contribution in [0.3, 0.4) is 0 Å². The molecule has 9 heteroatoms. The molecule has 1 fully saturated rings. The molecule has 1 saturated heterocycles. The predicted molar refractivity (Wildman–Crippen MR) is 81.9 cm³/mol. The quantitative estimate of drug-likeness (QED) is 0.645. The average molecular weight is 355 g/mol. The zero-order chi connectivity index (χ0) is 18.2. The number of nitrogens with zero attached hydrogens (tertiary/aromatic N) is 2. The monoisotopic (exact) mass is 355 g/mol. The molecule has 1 aromatic carbocycles. The number of hydrogen-bond donors (Lipinski definition) is 1. The number of fused-ring (bicyclic) bond motifs is 1. The molecule has 1 aromatic rings. The van der Waals surface area contributed by atoms with Gasteiger partial charge in [-0.2, -0.15) is 18.2 Å². The van der Waals surface area contributed by atoms with E-state index in [1.807, 2.05) is 0 Å². The highest BCUT2D eigenvalue weighted by atomic mass is 19.4. The summed E-state index contributed by atoms with van der Waals surface area (Å²) in [6, 6.07) is 4.55. The molecule has 0 spiro atoms. The summed E-state index contributed by atoms with van der Waals surface area (Å²) in [6.45, 7) is 1.63. The van der Waals surface area contributed by atoms with Crippen LogP contribution in [-0.4, -0.2) is 48.0 Å². The fraction of sp³-hybridized carbons (Fsp3) is 0.438. The summed E-state index contributed by atoms with van der Waals surface area (Å²) >= 11 is 0. The summed E-state index contributed by atoms with van der Waals surface area (Å²) in [6.07, 6.45) is -3.59. The molecule has 134 valence electrons. The minimum Gasteiger partial charge on any atom is -0.383 e. The topological polar surface area (TPSA) is 85.0 Å². The molecule has 0 atom stereocenters. The lowest BCUT2D eigenvalue weighted by molar-refractivity contribution is -0.169. The summed E-state index contributed by atoms with van der Waals surface area (Å²) in [5.41, 5.74) is 6.76. The molecule has 6 nitrogen and oxygen atoms in total. The smallest absolute Gasteiger partial charge is 0.383 e. The highest BCUT2D eigenvalue weighted by molar-refractivity contribution is 6.07.